The molecule has 0 aliphatic heterocycles. The topological polar surface area (TPSA) is 0 Å². The van der Waals surface area contributed by atoms with Gasteiger partial charge in [-0.2, -0.15) is 0 Å². The molecule has 0 saturated carbocycles. The van der Waals surface area contributed by atoms with Crippen molar-refractivity contribution in [3.05, 3.63) is 24.8 Å². The molecule has 0 nitrogen and oxygen atoms in total. The molecule has 0 aromatic carbocycles. The summed E-state index contributed by atoms with van der Waals surface area (Å²) in [6.07, 6.45) is 8.18. The Bertz CT molecular complexity index is 133. The Morgan fingerprint density at radius 2 is 2.08 bits per heavy atom. The number of hydrogen-bond acceptors (Lipinski definition) is 0. The van der Waals surface area contributed by atoms with Gasteiger partial charge in [0.15, 0.2) is 0 Å². The van der Waals surface area contributed by atoms with Gasteiger partial charge in [-0.05, 0) is 38.0 Å². The average Bonchev–Trinajstić information content (AvgIpc) is 2.12. The van der Waals surface area contributed by atoms with E-state index in [1.165, 1.54) is 31.3 Å². The van der Waals surface area contributed by atoms with E-state index >= 15 is 0 Å². The highest BCUT2D eigenvalue weighted by Crippen LogP contribution is 2.16. The Kier molecular flexibility index (Phi) is 6.84. The number of rotatable bonds is 7. The van der Waals surface area contributed by atoms with Crippen molar-refractivity contribution in [3.63, 3.8) is 0 Å². The Labute approximate surface area is 77.4 Å². The zero-order valence-corrected chi connectivity index (χ0v) is 8.60. The SMILES string of the molecule is C=CC(CC)CCCC(=C)CC. The van der Waals surface area contributed by atoms with Crippen LogP contribution in [-0.4, -0.2) is 0 Å². The largest absolute Gasteiger partial charge is 0.103 e. The van der Waals surface area contributed by atoms with E-state index in [1.807, 2.05) is 0 Å². The van der Waals surface area contributed by atoms with E-state index in [0.717, 1.165) is 12.3 Å². The molecular weight excluding hydrogens is 144 g/mol. The first-order valence-electron chi connectivity index (χ1n) is 5.03. The molecule has 0 aliphatic rings. The minimum atomic E-state index is 0.717. The standard InChI is InChI=1S/C12H22/c1-5-11(4)9-8-10-12(6-2)7-3/h6,12H,2,4-5,7-10H2,1,3H3. The fourth-order valence-electron chi connectivity index (χ4n) is 1.28. The van der Waals surface area contributed by atoms with Crippen LogP contribution in [0.15, 0.2) is 24.8 Å². The van der Waals surface area contributed by atoms with E-state index in [0.29, 0.717) is 0 Å². The Morgan fingerprint density at radius 1 is 1.42 bits per heavy atom. The van der Waals surface area contributed by atoms with E-state index in [2.05, 4.69) is 33.1 Å². The van der Waals surface area contributed by atoms with Crippen LogP contribution in [0, 0.1) is 5.92 Å². The maximum atomic E-state index is 4.00. The van der Waals surface area contributed by atoms with Gasteiger partial charge in [0, 0.05) is 0 Å². The molecule has 0 aromatic rings. The van der Waals surface area contributed by atoms with Crippen molar-refractivity contribution in [1.29, 1.82) is 0 Å². The quantitative estimate of drug-likeness (QED) is 0.494. The maximum absolute atomic E-state index is 4.00. The minimum absolute atomic E-state index is 0.717. The molecule has 0 saturated heterocycles. The zero-order valence-electron chi connectivity index (χ0n) is 8.60. The lowest BCUT2D eigenvalue weighted by molar-refractivity contribution is 0.543. The van der Waals surface area contributed by atoms with Crippen LogP contribution in [0.5, 0.6) is 0 Å². The van der Waals surface area contributed by atoms with Gasteiger partial charge < -0.3 is 0 Å². The second kappa shape index (κ2) is 7.15. The monoisotopic (exact) mass is 166 g/mol. The molecule has 0 heteroatoms. The summed E-state index contributed by atoms with van der Waals surface area (Å²) in [6.45, 7) is 12.2. The Hall–Kier alpha value is -0.520. The summed E-state index contributed by atoms with van der Waals surface area (Å²) in [7, 11) is 0. The lowest BCUT2D eigenvalue weighted by Gasteiger charge is -2.09. The molecule has 0 rings (SSSR count). The van der Waals surface area contributed by atoms with Gasteiger partial charge in [-0.3, -0.25) is 0 Å². The van der Waals surface area contributed by atoms with E-state index in [4.69, 9.17) is 0 Å². The van der Waals surface area contributed by atoms with E-state index in [1.54, 1.807) is 0 Å². The smallest absolute Gasteiger partial charge is 0.0239 e. The van der Waals surface area contributed by atoms with Gasteiger partial charge >= 0.3 is 0 Å². The van der Waals surface area contributed by atoms with Gasteiger partial charge in [0.2, 0.25) is 0 Å². The molecule has 0 aliphatic carbocycles. The van der Waals surface area contributed by atoms with Crippen molar-refractivity contribution in [3.8, 4) is 0 Å². The third-order valence-electron chi connectivity index (χ3n) is 2.46. The lowest BCUT2D eigenvalue weighted by Crippen LogP contribution is -1.93. The Morgan fingerprint density at radius 3 is 2.50 bits per heavy atom. The summed E-state index contributed by atoms with van der Waals surface area (Å²) in [4.78, 5) is 0. The first-order chi connectivity index (χ1) is 5.74. The summed E-state index contributed by atoms with van der Waals surface area (Å²) in [6, 6.07) is 0. The molecule has 0 bridgehead atoms. The van der Waals surface area contributed by atoms with Gasteiger partial charge in [-0.15, -0.1) is 6.58 Å². The second-order valence-corrected chi connectivity index (χ2v) is 3.40. The summed E-state index contributed by atoms with van der Waals surface area (Å²) in [5.74, 6) is 0.717. The van der Waals surface area contributed by atoms with Crippen LogP contribution in [0.1, 0.15) is 46.0 Å². The fourth-order valence-corrected chi connectivity index (χ4v) is 1.28. The van der Waals surface area contributed by atoms with Gasteiger partial charge in [-0.1, -0.05) is 32.1 Å². The van der Waals surface area contributed by atoms with Crippen molar-refractivity contribution in [2.75, 3.05) is 0 Å². The van der Waals surface area contributed by atoms with Crippen LogP contribution in [0.3, 0.4) is 0 Å². The molecule has 0 amide bonds. The molecule has 0 spiro atoms. The zero-order chi connectivity index (χ0) is 9.40. The van der Waals surface area contributed by atoms with Crippen LogP contribution in [-0.2, 0) is 0 Å². The summed E-state index contributed by atoms with van der Waals surface area (Å²) >= 11 is 0. The third-order valence-corrected chi connectivity index (χ3v) is 2.46. The second-order valence-electron chi connectivity index (χ2n) is 3.40. The highest BCUT2D eigenvalue weighted by atomic mass is 14.1. The molecule has 0 radical (unpaired) electrons. The predicted molar refractivity (Wildman–Crippen MR) is 57.3 cm³/mol. The molecule has 1 atom stereocenters. The number of hydrogen-bond donors (Lipinski definition) is 0. The van der Waals surface area contributed by atoms with Gasteiger partial charge in [0.05, 0.1) is 0 Å². The summed E-state index contributed by atoms with van der Waals surface area (Å²) in [5.41, 5.74) is 1.38. The molecule has 0 aromatic heterocycles. The van der Waals surface area contributed by atoms with Gasteiger partial charge in [0.1, 0.15) is 0 Å². The highest BCUT2D eigenvalue weighted by Gasteiger charge is 2.00. The molecule has 12 heavy (non-hydrogen) atoms. The third kappa shape index (κ3) is 5.17. The average molecular weight is 166 g/mol. The molecule has 70 valence electrons. The van der Waals surface area contributed by atoms with Crippen molar-refractivity contribution in [2.24, 2.45) is 5.92 Å². The van der Waals surface area contributed by atoms with Gasteiger partial charge in [0.25, 0.3) is 0 Å². The van der Waals surface area contributed by atoms with Crippen molar-refractivity contribution >= 4 is 0 Å². The van der Waals surface area contributed by atoms with Crippen LogP contribution < -0.4 is 0 Å². The van der Waals surface area contributed by atoms with E-state index < -0.39 is 0 Å². The van der Waals surface area contributed by atoms with Crippen LogP contribution in [0.25, 0.3) is 0 Å². The molecule has 0 fully saturated rings. The predicted octanol–water partition coefficient (Wildman–Crippen LogP) is 4.34. The fraction of sp³-hybridized carbons (Fsp3) is 0.667. The maximum Gasteiger partial charge on any atom is -0.0239 e. The summed E-state index contributed by atoms with van der Waals surface area (Å²) in [5, 5.41) is 0. The first-order valence-corrected chi connectivity index (χ1v) is 5.03. The van der Waals surface area contributed by atoms with Crippen LogP contribution in [0.4, 0.5) is 0 Å². The van der Waals surface area contributed by atoms with Crippen molar-refractivity contribution in [1.82, 2.24) is 0 Å². The first kappa shape index (κ1) is 11.5. The minimum Gasteiger partial charge on any atom is -0.103 e. The lowest BCUT2D eigenvalue weighted by atomic mass is 9.97. The normalized spacial score (nSPS) is 12.5. The van der Waals surface area contributed by atoms with E-state index in [-0.39, 0.29) is 0 Å². The molecular formula is C12H22. The van der Waals surface area contributed by atoms with Gasteiger partial charge in [-0.25, -0.2) is 0 Å². The van der Waals surface area contributed by atoms with E-state index in [9.17, 15) is 0 Å². The van der Waals surface area contributed by atoms with Crippen LogP contribution in [0.2, 0.25) is 0 Å². The van der Waals surface area contributed by atoms with Crippen molar-refractivity contribution in [2.45, 2.75) is 46.0 Å². The Balaban J connectivity index is 3.40. The highest BCUT2D eigenvalue weighted by molar-refractivity contribution is 4.92. The van der Waals surface area contributed by atoms with Crippen molar-refractivity contribution < 1.29 is 0 Å². The molecule has 1 unspecified atom stereocenters. The van der Waals surface area contributed by atoms with Crippen LogP contribution >= 0.6 is 0 Å². The number of allylic oxidation sites excluding steroid dienone is 2. The summed E-state index contributed by atoms with van der Waals surface area (Å²) < 4.78 is 0. The molecule has 0 heterocycles. The molecule has 0 N–H and O–H groups in total.